The molecule has 4 N–H and O–H groups in total. The first-order chi connectivity index (χ1) is 13.1. The number of aliphatic carboxylic acids is 1. The Labute approximate surface area is 156 Å². The highest BCUT2D eigenvalue weighted by molar-refractivity contribution is 6.43. The van der Waals surface area contributed by atoms with Gasteiger partial charge in [0.05, 0.1) is 16.9 Å². The number of rotatable bonds is 5. The Bertz CT molecular complexity index is 1040. The van der Waals surface area contributed by atoms with E-state index in [4.69, 9.17) is 5.73 Å². The SMILES string of the molecule is N#Cc1c(N)cc(/C(=N\Nc2ccccc2)C(=O)O)cc1-c1ccccc1. The number of hydrogen-bond donors (Lipinski definition) is 3. The second-order valence-electron chi connectivity index (χ2n) is 5.71. The number of benzene rings is 3. The number of nitrogens with one attached hydrogen (secondary N) is 1. The maximum absolute atomic E-state index is 11.8. The average molecular weight is 356 g/mol. The van der Waals surface area contributed by atoms with Crippen LogP contribution in [0.15, 0.2) is 77.9 Å². The molecule has 0 unspecified atom stereocenters. The summed E-state index contributed by atoms with van der Waals surface area (Å²) < 4.78 is 0. The molecule has 132 valence electrons. The zero-order valence-corrected chi connectivity index (χ0v) is 14.3. The third kappa shape index (κ3) is 3.94. The molecular formula is C21H16N4O2. The number of carboxylic acid groups (broad SMARTS) is 1. The molecular weight excluding hydrogens is 340 g/mol. The monoisotopic (exact) mass is 356 g/mol. The van der Waals surface area contributed by atoms with E-state index in [-0.39, 0.29) is 11.4 Å². The number of hydrazone groups is 1. The molecule has 0 aliphatic heterocycles. The fourth-order valence-electron chi connectivity index (χ4n) is 2.64. The van der Waals surface area contributed by atoms with Gasteiger partial charge in [-0.1, -0.05) is 48.5 Å². The maximum Gasteiger partial charge on any atom is 0.356 e. The fraction of sp³-hybridized carbons (Fsp3) is 0. The number of para-hydroxylation sites is 1. The van der Waals surface area contributed by atoms with Gasteiger partial charge in [-0.25, -0.2) is 4.79 Å². The average Bonchev–Trinajstić information content (AvgIpc) is 2.69. The second-order valence-corrected chi connectivity index (χ2v) is 5.71. The standard InChI is InChI=1S/C21H16N4O2/c22-13-18-17(14-7-3-1-4-8-14)11-15(12-19(18)23)20(21(26)27)25-24-16-9-5-2-6-10-16/h1-12,24H,23H2,(H,26,27)/b25-20+. The Morgan fingerprint density at radius 3 is 2.26 bits per heavy atom. The minimum atomic E-state index is -1.21. The number of nitrogens with zero attached hydrogens (tertiary/aromatic N) is 2. The lowest BCUT2D eigenvalue weighted by molar-refractivity contribution is -0.129. The summed E-state index contributed by atoms with van der Waals surface area (Å²) in [6, 6.07) is 23.4. The molecule has 3 rings (SSSR count). The molecule has 0 spiro atoms. The smallest absolute Gasteiger partial charge is 0.356 e. The number of nitrogens with two attached hydrogens (primary N) is 1. The molecule has 6 nitrogen and oxygen atoms in total. The van der Waals surface area contributed by atoms with E-state index in [1.165, 1.54) is 6.07 Å². The predicted molar refractivity (Wildman–Crippen MR) is 105 cm³/mol. The van der Waals surface area contributed by atoms with Crippen molar-refractivity contribution in [3.8, 4) is 17.2 Å². The van der Waals surface area contributed by atoms with E-state index in [0.29, 0.717) is 22.4 Å². The van der Waals surface area contributed by atoms with Crippen molar-refractivity contribution in [2.45, 2.75) is 0 Å². The molecule has 0 atom stereocenters. The summed E-state index contributed by atoms with van der Waals surface area (Å²) in [5, 5.41) is 23.1. The number of carbonyl (C=O) groups is 1. The number of hydrogen-bond acceptors (Lipinski definition) is 5. The van der Waals surface area contributed by atoms with Crippen molar-refractivity contribution in [1.82, 2.24) is 0 Å². The van der Waals surface area contributed by atoms with Crippen LogP contribution in [0.2, 0.25) is 0 Å². The first-order valence-electron chi connectivity index (χ1n) is 8.11. The minimum Gasteiger partial charge on any atom is -0.476 e. The first kappa shape index (κ1) is 17.7. The second kappa shape index (κ2) is 7.85. The Morgan fingerprint density at radius 1 is 1.04 bits per heavy atom. The largest absolute Gasteiger partial charge is 0.476 e. The van der Waals surface area contributed by atoms with Gasteiger partial charge >= 0.3 is 5.97 Å². The fourth-order valence-corrected chi connectivity index (χ4v) is 2.64. The Kier molecular flexibility index (Phi) is 5.15. The number of anilines is 2. The van der Waals surface area contributed by atoms with Crippen LogP contribution in [-0.4, -0.2) is 16.8 Å². The minimum absolute atomic E-state index is 0.197. The van der Waals surface area contributed by atoms with Gasteiger partial charge in [-0.05, 0) is 29.8 Å². The molecule has 0 heterocycles. The third-order valence-electron chi connectivity index (χ3n) is 3.91. The predicted octanol–water partition coefficient (Wildman–Crippen LogP) is 3.71. The summed E-state index contributed by atoms with van der Waals surface area (Å²) in [5.41, 5.74) is 11.3. The van der Waals surface area contributed by atoms with Crippen LogP contribution in [0.5, 0.6) is 0 Å². The third-order valence-corrected chi connectivity index (χ3v) is 3.91. The summed E-state index contributed by atoms with van der Waals surface area (Å²) >= 11 is 0. The van der Waals surface area contributed by atoms with Gasteiger partial charge in [0.15, 0.2) is 5.71 Å². The molecule has 6 heteroatoms. The van der Waals surface area contributed by atoms with E-state index in [1.54, 1.807) is 18.2 Å². The molecule has 0 saturated heterocycles. The van der Waals surface area contributed by atoms with Crippen molar-refractivity contribution in [2.75, 3.05) is 11.2 Å². The molecule has 0 aromatic heterocycles. The molecule has 3 aromatic rings. The van der Waals surface area contributed by atoms with E-state index in [0.717, 1.165) is 5.56 Å². The van der Waals surface area contributed by atoms with Gasteiger partial charge in [-0.2, -0.15) is 10.4 Å². The van der Waals surface area contributed by atoms with Crippen molar-refractivity contribution in [2.24, 2.45) is 5.10 Å². The van der Waals surface area contributed by atoms with Crippen molar-refractivity contribution in [3.05, 3.63) is 83.9 Å². The lowest BCUT2D eigenvalue weighted by Gasteiger charge is -2.11. The molecule has 0 bridgehead atoms. The van der Waals surface area contributed by atoms with Gasteiger partial charge in [-0.15, -0.1) is 0 Å². The van der Waals surface area contributed by atoms with E-state index >= 15 is 0 Å². The zero-order valence-electron chi connectivity index (χ0n) is 14.3. The van der Waals surface area contributed by atoms with Crippen LogP contribution in [0.4, 0.5) is 11.4 Å². The van der Waals surface area contributed by atoms with Crippen LogP contribution >= 0.6 is 0 Å². The van der Waals surface area contributed by atoms with Crippen molar-refractivity contribution >= 4 is 23.1 Å². The van der Waals surface area contributed by atoms with Crippen molar-refractivity contribution < 1.29 is 9.90 Å². The number of carboxylic acids is 1. The van der Waals surface area contributed by atoms with Crippen molar-refractivity contribution in [3.63, 3.8) is 0 Å². The van der Waals surface area contributed by atoms with Gasteiger partial charge in [0.2, 0.25) is 0 Å². The lowest BCUT2D eigenvalue weighted by atomic mass is 9.95. The topological polar surface area (TPSA) is 112 Å². The zero-order chi connectivity index (χ0) is 19.2. The van der Waals surface area contributed by atoms with E-state index in [2.05, 4.69) is 16.6 Å². The summed E-state index contributed by atoms with van der Waals surface area (Å²) in [6.07, 6.45) is 0. The highest BCUT2D eigenvalue weighted by atomic mass is 16.4. The number of nitriles is 1. The van der Waals surface area contributed by atoms with Gasteiger partial charge in [0.25, 0.3) is 0 Å². The maximum atomic E-state index is 11.8. The molecule has 0 radical (unpaired) electrons. The van der Waals surface area contributed by atoms with Crippen LogP contribution in [0.1, 0.15) is 11.1 Å². The summed E-state index contributed by atoms with van der Waals surface area (Å²) in [4.78, 5) is 11.8. The molecule has 0 aliphatic rings. The highest BCUT2D eigenvalue weighted by Crippen LogP contribution is 2.29. The summed E-state index contributed by atoms with van der Waals surface area (Å²) in [7, 11) is 0. The van der Waals surface area contributed by atoms with Crippen LogP contribution < -0.4 is 11.2 Å². The highest BCUT2D eigenvalue weighted by Gasteiger charge is 2.18. The molecule has 27 heavy (non-hydrogen) atoms. The van der Waals surface area contributed by atoms with E-state index in [9.17, 15) is 15.2 Å². The molecule has 0 aliphatic carbocycles. The molecule has 0 saturated carbocycles. The van der Waals surface area contributed by atoms with Gasteiger partial charge in [0, 0.05) is 11.1 Å². The first-order valence-corrected chi connectivity index (χ1v) is 8.11. The van der Waals surface area contributed by atoms with Gasteiger partial charge < -0.3 is 10.8 Å². The Morgan fingerprint density at radius 2 is 1.67 bits per heavy atom. The Hall–Kier alpha value is -4.11. The van der Waals surface area contributed by atoms with E-state index < -0.39 is 5.97 Å². The normalized spacial score (nSPS) is 10.9. The summed E-state index contributed by atoms with van der Waals surface area (Å²) in [6.45, 7) is 0. The van der Waals surface area contributed by atoms with Crippen molar-refractivity contribution in [1.29, 1.82) is 5.26 Å². The lowest BCUT2D eigenvalue weighted by Crippen LogP contribution is -2.17. The number of nitrogen functional groups attached to an aromatic ring is 1. The summed E-state index contributed by atoms with van der Waals surface area (Å²) in [5.74, 6) is -1.21. The van der Waals surface area contributed by atoms with Crippen LogP contribution in [0.3, 0.4) is 0 Å². The van der Waals surface area contributed by atoms with Gasteiger partial charge in [-0.3, -0.25) is 5.43 Å². The molecule has 0 fully saturated rings. The van der Waals surface area contributed by atoms with Crippen LogP contribution in [0.25, 0.3) is 11.1 Å². The van der Waals surface area contributed by atoms with Crippen LogP contribution in [0, 0.1) is 11.3 Å². The van der Waals surface area contributed by atoms with Gasteiger partial charge in [0.1, 0.15) is 6.07 Å². The van der Waals surface area contributed by atoms with Crippen LogP contribution in [-0.2, 0) is 4.79 Å². The molecule has 0 amide bonds. The van der Waals surface area contributed by atoms with E-state index in [1.807, 2.05) is 48.5 Å². The Balaban J connectivity index is 2.10. The molecule has 3 aromatic carbocycles. The quantitative estimate of drug-likeness (QED) is 0.366.